The molecular formula is C18H15FN4O2. The van der Waals surface area contributed by atoms with Gasteiger partial charge in [0.25, 0.3) is 11.8 Å². The number of imide groups is 1. The maximum Gasteiger partial charge on any atom is 0.263 e. The van der Waals surface area contributed by atoms with Crippen molar-refractivity contribution in [3.63, 3.8) is 0 Å². The zero-order chi connectivity index (χ0) is 17.6. The molecule has 2 amide bonds. The average molecular weight is 338 g/mol. The molecule has 1 fully saturated rings. The van der Waals surface area contributed by atoms with Gasteiger partial charge in [0.15, 0.2) is 12.1 Å². The molecule has 0 unspecified atom stereocenters. The third kappa shape index (κ3) is 2.39. The number of aryl methyl sites for hydroxylation is 1. The molecule has 2 aliphatic heterocycles. The van der Waals surface area contributed by atoms with Crippen LogP contribution >= 0.6 is 0 Å². The lowest BCUT2D eigenvalue weighted by atomic mass is 10.1. The van der Waals surface area contributed by atoms with E-state index in [0.717, 1.165) is 16.9 Å². The lowest BCUT2D eigenvalue weighted by Gasteiger charge is -2.20. The van der Waals surface area contributed by atoms with Gasteiger partial charge in [0.2, 0.25) is 0 Å². The van der Waals surface area contributed by atoms with Crippen LogP contribution in [0.3, 0.4) is 0 Å². The van der Waals surface area contributed by atoms with Gasteiger partial charge in [-0.1, -0.05) is 24.3 Å². The fourth-order valence-corrected chi connectivity index (χ4v) is 3.10. The van der Waals surface area contributed by atoms with Gasteiger partial charge in [0, 0.05) is 0 Å². The largest absolute Gasteiger partial charge is 0.271 e. The third-order valence-corrected chi connectivity index (χ3v) is 4.48. The van der Waals surface area contributed by atoms with Crippen LogP contribution in [0.15, 0.2) is 58.9 Å². The summed E-state index contributed by atoms with van der Waals surface area (Å²) in [6, 6.07) is 11.2. The summed E-state index contributed by atoms with van der Waals surface area (Å²) in [5.74, 6) is -1.16. The second kappa shape index (κ2) is 5.77. The van der Waals surface area contributed by atoms with Crippen molar-refractivity contribution in [3.8, 4) is 0 Å². The van der Waals surface area contributed by atoms with Crippen LogP contribution in [0, 0.1) is 5.82 Å². The van der Waals surface area contributed by atoms with E-state index in [1.807, 2.05) is 19.1 Å². The third-order valence-electron chi connectivity index (χ3n) is 4.48. The van der Waals surface area contributed by atoms with Gasteiger partial charge in [0.05, 0.1) is 11.4 Å². The summed E-state index contributed by atoms with van der Waals surface area (Å²) in [5, 5.41) is 9.29. The van der Waals surface area contributed by atoms with Gasteiger partial charge >= 0.3 is 0 Å². The number of rotatable bonds is 3. The highest BCUT2D eigenvalue weighted by atomic mass is 19.1. The fraction of sp³-hybridized carbons (Fsp3) is 0.222. The molecule has 0 N–H and O–H groups in total. The number of nitrogens with zero attached hydrogens (tertiary/aromatic N) is 4. The number of halogens is 1. The van der Waals surface area contributed by atoms with Gasteiger partial charge in [-0.3, -0.25) is 9.59 Å². The minimum absolute atomic E-state index is 0.381. The highest BCUT2D eigenvalue weighted by molar-refractivity contribution is 6.26. The first-order chi connectivity index (χ1) is 12.1. The summed E-state index contributed by atoms with van der Waals surface area (Å²) < 4.78 is 13.1. The topological polar surface area (TPSA) is 65.3 Å². The lowest BCUT2D eigenvalue weighted by molar-refractivity contribution is -0.121. The monoisotopic (exact) mass is 338 g/mol. The van der Waals surface area contributed by atoms with E-state index in [9.17, 15) is 14.0 Å². The highest BCUT2D eigenvalue weighted by Gasteiger charge is 2.55. The number of hydrogen-bond donors (Lipinski definition) is 0. The van der Waals surface area contributed by atoms with Gasteiger partial charge in [-0.15, -0.1) is 0 Å². The van der Waals surface area contributed by atoms with Crippen molar-refractivity contribution in [2.24, 2.45) is 10.3 Å². The molecule has 0 bridgehead atoms. The van der Waals surface area contributed by atoms with Crippen molar-refractivity contribution >= 4 is 23.2 Å². The predicted octanol–water partition coefficient (Wildman–Crippen LogP) is 2.89. The predicted molar refractivity (Wildman–Crippen MR) is 89.6 cm³/mol. The van der Waals surface area contributed by atoms with E-state index in [-0.39, 0.29) is 11.7 Å². The molecule has 0 aliphatic carbocycles. The molecule has 2 aliphatic rings. The summed E-state index contributed by atoms with van der Waals surface area (Å²) in [6.45, 7) is 2.03. The Morgan fingerprint density at radius 2 is 1.60 bits per heavy atom. The molecule has 4 rings (SSSR count). The van der Waals surface area contributed by atoms with E-state index in [1.54, 1.807) is 12.1 Å². The molecule has 6 nitrogen and oxygen atoms in total. The van der Waals surface area contributed by atoms with Crippen LogP contribution in [-0.2, 0) is 16.0 Å². The Morgan fingerprint density at radius 3 is 2.24 bits per heavy atom. The quantitative estimate of drug-likeness (QED) is 0.808. The first-order valence-electron chi connectivity index (χ1n) is 8.02. The summed E-state index contributed by atoms with van der Waals surface area (Å²) in [6.07, 6.45) is 0.875. The Balaban J connectivity index is 1.66. The first kappa shape index (κ1) is 15.4. The molecule has 2 atom stereocenters. The number of fused-ring (bicyclic) bond motifs is 1. The second-order valence-corrected chi connectivity index (χ2v) is 5.95. The van der Waals surface area contributed by atoms with Crippen molar-refractivity contribution in [1.82, 2.24) is 0 Å². The van der Waals surface area contributed by atoms with Gasteiger partial charge < -0.3 is 0 Å². The van der Waals surface area contributed by atoms with Crippen molar-refractivity contribution in [2.75, 3.05) is 9.91 Å². The van der Waals surface area contributed by atoms with Crippen molar-refractivity contribution < 1.29 is 14.0 Å². The smallest absolute Gasteiger partial charge is 0.263 e. The normalized spacial score (nSPS) is 22.0. The van der Waals surface area contributed by atoms with Crippen LogP contribution in [0.5, 0.6) is 0 Å². The van der Waals surface area contributed by atoms with Crippen LogP contribution in [0.2, 0.25) is 0 Å². The summed E-state index contributed by atoms with van der Waals surface area (Å²) >= 11 is 0. The maximum absolute atomic E-state index is 13.1. The lowest BCUT2D eigenvalue weighted by Crippen LogP contribution is -2.39. The Kier molecular flexibility index (Phi) is 3.56. The molecule has 2 aromatic carbocycles. The van der Waals surface area contributed by atoms with E-state index in [0.29, 0.717) is 11.4 Å². The average Bonchev–Trinajstić information content (AvgIpc) is 3.17. The molecule has 25 heavy (non-hydrogen) atoms. The zero-order valence-electron chi connectivity index (χ0n) is 13.5. The van der Waals surface area contributed by atoms with Gasteiger partial charge in [-0.25, -0.2) is 14.3 Å². The molecule has 0 spiro atoms. The molecular weight excluding hydrogens is 323 g/mol. The summed E-state index contributed by atoms with van der Waals surface area (Å²) in [7, 11) is 0. The van der Waals surface area contributed by atoms with E-state index in [2.05, 4.69) is 10.3 Å². The minimum atomic E-state index is -0.872. The van der Waals surface area contributed by atoms with Crippen molar-refractivity contribution in [1.29, 1.82) is 0 Å². The Bertz CT molecular complexity index is 864. The van der Waals surface area contributed by atoms with Crippen LogP contribution in [-0.4, -0.2) is 23.9 Å². The molecule has 126 valence electrons. The van der Waals surface area contributed by atoms with Crippen LogP contribution in [0.1, 0.15) is 12.5 Å². The second-order valence-electron chi connectivity index (χ2n) is 5.95. The molecule has 0 aromatic heterocycles. The van der Waals surface area contributed by atoms with Gasteiger partial charge in [-0.2, -0.15) is 5.11 Å². The van der Waals surface area contributed by atoms with E-state index in [4.69, 9.17) is 0 Å². The molecule has 1 saturated heterocycles. The van der Waals surface area contributed by atoms with E-state index in [1.165, 1.54) is 29.3 Å². The number of carbonyl (C=O) groups excluding carboxylic acids is 2. The SMILES string of the molecule is CCc1ccc(N2C(=O)[C@@H]3[C@@H](N=NN3c3ccc(F)cc3)C2=O)cc1. The Hall–Kier alpha value is -3.09. The summed E-state index contributed by atoms with van der Waals surface area (Å²) in [5.41, 5.74) is 2.16. The van der Waals surface area contributed by atoms with Crippen LogP contribution in [0.25, 0.3) is 0 Å². The number of amides is 2. The minimum Gasteiger partial charge on any atom is -0.271 e. The van der Waals surface area contributed by atoms with Gasteiger partial charge in [0.1, 0.15) is 5.82 Å². The number of hydrogen-bond acceptors (Lipinski definition) is 5. The molecule has 7 heteroatoms. The van der Waals surface area contributed by atoms with Crippen LogP contribution < -0.4 is 9.91 Å². The fourth-order valence-electron chi connectivity index (χ4n) is 3.10. The maximum atomic E-state index is 13.1. The molecule has 0 radical (unpaired) electrons. The molecule has 2 heterocycles. The van der Waals surface area contributed by atoms with E-state index < -0.39 is 18.0 Å². The van der Waals surface area contributed by atoms with Crippen LogP contribution in [0.4, 0.5) is 15.8 Å². The van der Waals surface area contributed by atoms with E-state index >= 15 is 0 Å². The Labute approximate surface area is 143 Å². The number of benzene rings is 2. The first-order valence-corrected chi connectivity index (χ1v) is 8.02. The Morgan fingerprint density at radius 1 is 0.960 bits per heavy atom. The van der Waals surface area contributed by atoms with Gasteiger partial charge in [-0.05, 0) is 48.4 Å². The van der Waals surface area contributed by atoms with Crippen molar-refractivity contribution in [3.05, 3.63) is 59.9 Å². The zero-order valence-corrected chi connectivity index (χ0v) is 13.5. The molecule has 2 aromatic rings. The van der Waals surface area contributed by atoms with Crippen molar-refractivity contribution in [2.45, 2.75) is 25.4 Å². The summed E-state index contributed by atoms with van der Waals surface area (Å²) in [4.78, 5) is 26.7. The highest BCUT2D eigenvalue weighted by Crippen LogP contribution is 2.34. The number of carbonyl (C=O) groups is 2. The number of anilines is 2. The molecule has 0 saturated carbocycles. The standard InChI is InChI=1S/C18H15FN4O2/c1-2-11-3-7-13(8-4-11)22-17(24)15-16(18(22)25)23(21-20-15)14-9-5-12(19)6-10-14/h3-10,15-16H,2H2,1H3/t15-,16+/m1/s1.